The molecule has 190 valence electrons. The molecule has 0 aliphatic heterocycles. The molecule has 0 N–H and O–H groups in total. The first-order valence-corrected chi connectivity index (χ1v) is 13.9. The lowest BCUT2D eigenvalue weighted by molar-refractivity contribution is 0.553. The van der Waals surface area contributed by atoms with Crippen LogP contribution in [0, 0.1) is 4.91 Å². The number of unbranched alkanes of at least 4 members (excludes halogenated alkanes) is 1. The van der Waals surface area contributed by atoms with Crippen LogP contribution in [-0.2, 0) is 31.7 Å². The van der Waals surface area contributed by atoms with E-state index < -0.39 is 0 Å². The molecule has 2 aromatic carbocycles. The van der Waals surface area contributed by atoms with Crippen LogP contribution in [0.4, 0.5) is 5.69 Å². The van der Waals surface area contributed by atoms with Crippen molar-refractivity contribution in [1.29, 1.82) is 0 Å². The van der Waals surface area contributed by atoms with Crippen molar-refractivity contribution in [3.63, 3.8) is 0 Å². The number of benzene rings is 2. The van der Waals surface area contributed by atoms with E-state index in [0.717, 1.165) is 72.6 Å². The second-order valence-electron chi connectivity index (χ2n) is 9.14. The van der Waals surface area contributed by atoms with Gasteiger partial charge in [0.1, 0.15) is 11.5 Å². The molecular weight excluding hydrogens is 506 g/mol. The smallest absolute Gasteiger partial charge is 0.277 e. The van der Waals surface area contributed by atoms with Crippen molar-refractivity contribution < 1.29 is 0 Å². The average molecular weight is 534 g/mol. The van der Waals surface area contributed by atoms with Crippen molar-refractivity contribution >= 4 is 29.1 Å². The first-order valence-electron chi connectivity index (χ1n) is 12.6. The summed E-state index contributed by atoms with van der Waals surface area (Å²) in [6.07, 6.45) is 6.55. The summed E-state index contributed by atoms with van der Waals surface area (Å²) in [5, 5.41) is 4.50. The topological polar surface area (TPSA) is 82.1 Å². The molecule has 0 atom stereocenters. The number of halogens is 1. The zero-order valence-electron chi connectivity index (χ0n) is 20.7. The van der Waals surface area contributed by atoms with Gasteiger partial charge < -0.3 is 9.13 Å². The zero-order valence-corrected chi connectivity index (χ0v) is 22.3. The Morgan fingerprint density at radius 1 is 1.08 bits per heavy atom. The number of hydrogen-bond donors (Lipinski definition) is 0. The van der Waals surface area contributed by atoms with E-state index in [-0.39, 0.29) is 5.56 Å². The molecule has 0 spiro atoms. The number of thioether (sulfide) groups is 1. The van der Waals surface area contributed by atoms with E-state index in [2.05, 4.69) is 26.2 Å². The third-order valence-electron chi connectivity index (χ3n) is 6.76. The van der Waals surface area contributed by atoms with Crippen LogP contribution >= 0.6 is 23.4 Å². The molecule has 4 aromatic rings. The Kier molecular flexibility index (Phi) is 7.86. The Bertz CT molecular complexity index is 1480. The molecule has 0 saturated heterocycles. The molecule has 0 unspecified atom stereocenters. The van der Waals surface area contributed by atoms with Gasteiger partial charge in [0.15, 0.2) is 5.16 Å². The first-order chi connectivity index (χ1) is 18.1. The Hall–Kier alpha value is -3.23. The SMILES string of the molecule is CCCCn1c(-c2ccc(Cl)cc2)cnc1Cn1c(SCc2ccccc2N=O)nc(=O)c2c1CCC2. The average Bonchev–Trinajstić information content (AvgIpc) is 3.56. The molecule has 0 bridgehead atoms. The van der Waals surface area contributed by atoms with Crippen LogP contribution in [0.1, 0.15) is 48.8 Å². The maximum atomic E-state index is 12.9. The standard InChI is InChI=1S/C28H28ClN5O2S/c1-2-3-15-33-25(19-11-13-21(29)14-12-19)16-30-26(33)17-34-24-10-6-8-22(24)27(35)31-28(34)37-18-20-7-4-5-9-23(20)32-36/h4-5,7,9,11-14,16H,2-3,6,8,10,15,17-18H2,1H3. The Labute approximate surface area is 224 Å². The fourth-order valence-electron chi connectivity index (χ4n) is 4.82. The van der Waals surface area contributed by atoms with E-state index >= 15 is 0 Å². The van der Waals surface area contributed by atoms with Gasteiger partial charge in [0.2, 0.25) is 0 Å². The van der Waals surface area contributed by atoms with Crippen LogP contribution in [0.5, 0.6) is 0 Å². The normalized spacial score (nSPS) is 12.6. The van der Waals surface area contributed by atoms with Crippen molar-refractivity contribution in [2.75, 3.05) is 0 Å². The molecule has 0 saturated carbocycles. The second kappa shape index (κ2) is 11.4. The number of aromatic nitrogens is 4. The maximum Gasteiger partial charge on any atom is 0.277 e. The zero-order chi connectivity index (χ0) is 25.8. The third-order valence-corrected chi connectivity index (χ3v) is 8.04. The molecule has 37 heavy (non-hydrogen) atoms. The number of nitrogens with zero attached hydrogens (tertiary/aromatic N) is 5. The molecule has 0 radical (unpaired) electrons. The van der Waals surface area contributed by atoms with Crippen molar-refractivity contribution in [2.45, 2.75) is 63.0 Å². The van der Waals surface area contributed by atoms with Gasteiger partial charge in [-0.1, -0.05) is 67.0 Å². The van der Waals surface area contributed by atoms with Crippen LogP contribution in [-0.4, -0.2) is 19.1 Å². The number of hydrogen-bond acceptors (Lipinski definition) is 6. The van der Waals surface area contributed by atoms with Crippen molar-refractivity contribution in [2.24, 2.45) is 5.18 Å². The lowest BCUT2D eigenvalue weighted by atomic mass is 10.1. The maximum absolute atomic E-state index is 12.9. The van der Waals surface area contributed by atoms with Gasteiger partial charge in [-0.2, -0.15) is 4.98 Å². The van der Waals surface area contributed by atoms with Crippen molar-refractivity contribution in [1.82, 2.24) is 19.1 Å². The second-order valence-corrected chi connectivity index (χ2v) is 10.5. The predicted molar refractivity (Wildman–Crippen MR) is 149 cm³/mol. The fraction of sp³-hybridized carbons (Fsp3) is 0.321. The highest BCUT2D eigenvalue weighted by Gasteiger charge is 2.24. The molecule has 2 aromatic heterocycles. The van der Waals surface area contributed by atoms with Crippen LogP contribution in [0.25, 0.3) is 11.3 Å². The number of imidazole rings is 1. The highest BCUT2D eigenvalue weighted by atomic mass is 35.5. The van der Waals surface area contributed by atoms with Crippen LogP contribution in [0.2, 0.25) is 5.02 Å². The van der Waals surface area contributed by atoms with E-state index in [4.69, 9.17) is 16.6 Å². The molecule has 1 aliphatic rings. The number of nitroso groups, excluding NO2 is 1. The van der Waals surface area contributed by atoms with Gasteiger partial charge in [0, 0.05) is 28.6 Å². The molecule has 1 aliphatic carbocycles. The highest BCUT2D eigenvalue weighted by Crippen LogP contribution is 2.31. The summed E-state index contributed by atoms with van der Waals surface area (Å²) in [5.41, 5.74) is 5.04. The van der Waals surface area contributed by atoms with Gasteiger partial charge in [-0.05, 0) is 60.2 Å². The van der Waals surface area contributed by atoms with Gasteiger partial charge in [0.25, 0.3) is 5.56 Å². The predicted octanol–water partition coefficient (Wildman–Crippen LogP) is 6.79. The van der Waals surface area contributed by atoms with Crippen molar-refractivity contribution in [3.8, 4) is 11.3 Å². The van der Waals surface area contributed by atoms with Gasteiger partial charge in [-0.3, -0.25) is 4.79 Å². The Balaban J connectivity index is 1.53. The summed E-state index contributed by atoms with van der Waals surface area (Å²) in [6.45, 7) is 3.54. The minimum atomic E-state index is -0.149. The van der Waals surface area contributed by atoms with Gasteiger partial charge >= 0.3 is 0 Å². The third kappa shape index (κ3) is 5.40. The molecule has 7 nitrogen and oxygen atoms in total. The minimum absolute atomic E-state index is 0.149. The fourth-order valence-corrected chi connectivity index (χ4v) is 5.95. The monoisotopic (exact) mass is 533 g/mol. The summed E-state index contributed by atoms with van der Waals surface area (Å²) < 4.78 is 4.42. The minimum Gasteiger partial charge on any atom is -0.327 e. The highest BCUT2D eigenvalue weighted by molar-refractivity contribution is 7.98. The summed E-state index contributed by atoms with van der Waals surface area (Å²) >= 11 is 7.59. The van der Waals surface area contributed by atoms with Crippen LogP contribution in [0.15, 0.2) is 69.9 Å². The Morgan fingerprint density at radius 3 is 2.68 bits per heavy atom. The largest absolute Gasteiger partial charge is 0.327 e. The van der Waals surface area contributed by atoms with E-state index in [1.807, 2.05) is 42.6 Å². The molecule has 0 fully saturated rings. The molecule has 5 rings (SSSR count). The van der Waals surface area contributed by atoms with Gasteiger partial charge in [0.05, 0.1) is 18.4 Å². The van der Waals surface area contributed by atoms with E-state index in [0.29, 0.717) is 28.2 Å². The number of fused-ring (bicyclic) bond motifs is 1. The molecule has 9 heteroatoms. The first kappa shape index (κ1) is 25.4. The number of rotatable bonds is 10. The van der Waals surface area contributed by atoms with E-state index in [1.54, 1.807) is 12.1 Å². The quantitative estimate of drug-likeness (QED) is 0.127. The Morgan fingerprint density at radius 2 is 1.89 bits per heavy atom. The van der Waals surface area contributed by atoms with E-state index in [9.17, 15) is 9.70 Å². The van der Waals surface area contributed by atoms with Gasteiger partial charge in [-0.15, -0.1) is 4.91 Å². The summed E-state index contributed by atoms with van der Waals surface area (Å²) in [7, 11) is 0. The summed E-state index contributed by atoms with van der Waals surface area (Å²) in [6, 6.07) is 15.1. The summed E-state index contributed by atoms with van der Waals surface area (Å²) in [5.74, 6) is 1.42. The van der Waals surface area contributed by atoms with Crippen molar-refractivity contribution in [3.05, 3.63) is 97.7 Å². The lowest BCUT2D eigenvalue weighted by Crippen LogP contribution is -2.23. The van der Waals surface area contributed by atoms with E-state index in [1.165, 1.54) is 11.8 Å². The van der Waals surface area contributed by atoms with Gasteiger partial charge in [-0.25, -0.2) is 4.98 Å². The molecular formula is C28H28ClN5O2S. The van der Waals surface area contributed by atoms with Crippen LogP contribution < -0.4 is 5.56 Å². The lowest BCUT2D eigenvalue weighted by Gasteiger charge is -2.19. The molecule has 0 amide bonds. The summed E-state index contributed by atoms with van der Waals surface area (Å²) in [4.78, 5) is 33.4. The molecule has 2 heterocycles. The van der Waals surface area contributed by atoms with Crippen LogP contribution in [0.3, 0.4) is 0 Å².